The van der Waals surface area contributed by atoms with Gasteiger partial charge in [0.05, 0.1) is 11.1 Å². The molecular formula is C15H14N4O2S. The molecule has 0 aliphatic heterocycles. The molecule has 22 heavy (non-hydrogen) atoms. The second-order valence-corrected chi connectivity index (χ2v) is 5.30. The van der Waals surface area contributed by atoms with Gasteiger partial charge in [-0.3, -0.25) is 10.1 Å². The van der Waals surface area contributed by atoms with E-state index >= 15 is 0 Å². The van der Waals surface area contributed by atoms with E-state index in [1.807, 2.05) is 30.3 Å². The van der Waals surface area contributed by atoms with Crippen LogP contribution in [-0.2, 0) is 5.75 Å². The van der Waals surface area contributed by atoms with Crippen LogP contribution in [0.1, 0.15) is 11.1 Å². The van der Waals surface area contributed by atoms with E-state index in [2.05, 4.69) is 10.2 Å². The summed E-state index contributed by atoms with van der Waals surface area (Å²) in [7, 11) is 0. The predicted octanol–water partition coefficient (Wildman–Crippen LogP) is 3.18. The summed E-state index contributed by atoms with van der Waals surface area (Å²) in [5.74, 6) is 0.711. The molecule has 0 saturated heterocycles. The third-order valence-electron chi connectivity index (χ3n) is 2.67. The summed E-state index contributed by atoms with van der Waals surface area (Å²) >= 11 is 1.38. The Bertz CT molecular complexity index is 702. The molecule has 2 N–H and O–H groups in total. The van der Waals surface area contributed by atoms with Crippen LogP contribution in [0.4, 0.5) is 5.69 Å². The fourth-order valence-electron chi connectivity index (χ4n) is 1.63. The van der Waals surface area contributed by atoms with Gasteiger partial charge in [0, 0.05) is 23.4 Å². The van der Waals surface area contributed by atoms with Crippen molar-refractivity contribution in [3.8, 4) is 0 Å². The maximum absolute atomic E-state index is 10.7. The summed E-state index contributed by atoms with van der Waals surface area (Å²) in [6, 6.07) is 16.0. The quantitative estimate of drug-likeness (QED) is 0.397. The lowest BCUT2D eigenvalue weighted by molar-refractivity contribution is -0.384. The molecule has 7 heteroatoms. The van der Waals surface area contributed by atoms with Gasteiger partial charge in [-0.15, -0.1) is 5.10 Å². The molecule has 0 bridgehead atoms. The monoisotopic (exact) mass is 314 g/mol. The minimum Gasteiger partial charge on any atom is -0.377 e. The molecule has 112 valence electrons. The van der Waals surface area contributed by atoms with E-state index < -0.39 is 4.92 Å². The van der Waals surface area contributed by atoms with E-state index in [4.69, 9.17) is 5.73 Å². The number of non-ortho nitro benzene ring substituents is 1. The Morgan fingerprint density at radius 1 is 1.23 bits per heavy atom. The first kappa shape index (κ1) is 15.7. The lowest BCUT2D eigenvalue weighted by Crippen LogP contribution is -2.06. The van der Waals surface area contributed by atoms with Gasteiger partial charge in [-0.1, -0.05) is 54.2 Å². The molecule has 0 heterocycles. The highest BCUT2D eigenvalue weighted by atomic mass is 32.2. The first-order valence-electron chi connectivity index (χ1n) is 6.43. The summed E-state index contributed by atoms with van der Waals surface area (Å²) in [5.41, 5.74) is 7.51. The van der Waals surface area contributed by atoms with E-state index in [1.54, 1.807) is 12.1 Å². The Kier molecular flexibility index (Phi) is 5.67. The number of benzene rings is 2. The third-order valence-corrected chi connectivity index (χ3v) is 3.53. The Hall–Kier alpha value is -2.67. The normalized spacial score (nSPS) is 11.7. The Balaban J connectivity index is 1.92. The molecule has 0 aromatic heterocycles. The number of amidine groups is 1. The molecule has 0 amide bonds. The molecule has 0 saturated carbocycles. The topological polar surface area (TPSA) is 93.9 Å². The van der Waals surface area contributed by atoms with Gasteiger partial charge < -0.3 is 5.73 Å². The van der Waals surface area contributed by atoms with Gasteiger partial charge in [0.15, 0.2) is 5.17 Å². The highest BCUT2D eigenvalue weighted by Gasteiger charge is 2.03. The molecule has 2 aromatic rings. The van der Waals surface area contributed by atoms with Gasteiger partial charge in [0.1, 0.15) is 0 Å². The molecule has 0 atom stereocenters. The molecular weight excluding hydrogens is 300 g/mol. The molecule has 0 unspecified atom stereocenters. The minimum atomic E-state index is -0.454. The summed E-state index contributed by atoms with van der Waals surface area (Å²) in [6.45, 7) is 0. The Labute approximate surface area is 131 Å². The van der Waals surface area contributed by atoms with Crippen LogP contribution in [0.5, 0.6) is 0 Å². The average molecular weight is 314 g/mol. The Morgan fingerprint density at radius 2 is 2.00 bits per heavy atom. The van der Waals surface area contributed by atoms with Crippen LogP contribution in [0.15, 0.2) is 64.8 Å². The molecule has 0 aliphatic rings. The van der Waals surface area contributed by atoms with Crippen LogP contribution < -0.4 is 5.73 Å². The van der Waals surface area contributed by atoms with Crippen molar-refractivity contribution in [1.82, 2.24) is 0 Å². The third kappa shape index (κ3) is 5.02. The van der Waals surface area contributed by atoms with Gasteiger partial charge in [-0.05, 0) is 5.56 Å². The van der Waals surface area contributed by atoms with E-state index in [0.717, 1.165) is 5.56 Å². The lowest BCUT2D eigenvalue weighted by Gasteiger charge is -1.99. The van der Waals surface area contributed by atoms with Gasteiger partial charge in [0.25, 0.3) is 5.69 Å². The number of nitro groups is 1. The first-order chi connectivity index (χ1) is 10.6. The summed E-state index contributed by atoms with van der Waals surface area (Å²) in [6.07, 6.45) is 1.43. The molecule has 2 aromatic carbocycles. The van der Waals surface area contributed by atoms with Crippen molar-refractivity contribution in [2.75, 3.05) is 0 Å². The smallest absolute Gasteiger partial charge is 0.270 e. The SMILES string of the molecule is NC(=NN=Cc1cccc([N+](=O)[O-])c1)SCc1ccccc1. The minimum absolute atomic E-state index is 0.0133. The van der Waals surface area contributed by atoms with Crippen LogP contribution in [0, 0.1) is 10.1 Å². The number of nitro benzene ring substituents is 1. The fourth-order valence-corrected chi connectivity index (χ4v) is 2.24. The number of rotatable bonds is 5. The summed E-state index contributed by atoms with van der Waals surface area (Å²) in [4.78, 5) is 10.2. The fraction of sp³-hybridized carbons (Fsp3) is 0.0667. The van der Waals surface area contributed by atoms with E-state index in [0.29, 0.717) is 16.5 Å². The molecule has 0 spiro atoms. The van der Waals surface area contributed by atoms with Gasteiger partial charge in [-0.2, -0.15) is 5.10 Å². The van der Waals surface area contributed by atoms with Crippen molar-refractivity contribution in [2.24, 2.45) is 15.9 Å². The van der Waals surface area contributed by atoms with Crippen molar-refractivity contribution in [2.45, 2.75) is 5.75 Å². The van der Waals surface area contributed by atoms with Crippen molar-refractivity contribution in [3.05, 3.63) is 75.8 Å². The molecule has 2 rings (SSSR count). The first-order valence-corrected chi connectivity index (χ1v) is 7.41. The maximum atomic E-state index is 10.7. The van der Waals surface area contributed by atoms with Crippen molar-refractivity contribution < 1.29 is 4.92 Å². The highest BCUT2D eigenvalue weighted by molar-refractivity contribution is 8.13. The number of nitrogens with zero attached hydrogens (tertiary/aromatic N) is 3. The molecule has 0 radical (unpaired) electrons. The maximum Gasteiger partial charge on any atom is 0.270 e. The van der Waals surface area contributed by atoms with Crippen LogP contribution >= 0.6 is 11.8 Å². The van der Waals surface area contributed by atoms with Gasteiger partial charge >= 0.3 is 0 Å². The number of nitrogens with two attached hydrogens (primary N) is 1. The summed E-state index contributed by atoms with van der Waals surface area (Å²) in [5, 5.41) is 18.7. The van der Waals surface area contributed by atoms with Crippen molar-refractivity contribution in [3.63, 3.8) is 0 Å². The van der Waals surface area contributed by atoms with E-state index in [9.17, 15) is 10.1 Å². The second kappa shape index (κ2) is 7.94. The van der Waals surface area contributed by atoms with Crippen LogP contribution in [0.3, 0.4) is 0 Å². The number of hydrogen-bond acceptors (Lipinski definition) is 5. The van der Waals surface area contributed by atoms with Gasteiger partial charge in [-0.25, -0.2) is 0 Å². The highest BCUT2D eigenvalue weighted by Crippen LogP contribution is 2.13. The standard InChI is InChI=1S/C15H14N4O2S/c16-15(22-11-12-5-2-1-3-6-12)18-17-10-13-7-4-8-14(9-13)19(20)21/h1-10H,11H2,(H2,16,18). The van der Waals surface area contributed by atoms with Crippen molar-refractivity contribution >= 4 is 28.8 Å². The molecule has 6 nitrogen and oxygen atoms in total. The van der Waals surface area contributed by atoms with Crippen LogP contribution in [0.2, 0.25) is 0 Å². The van der Waals surface area contributed by atoms with Crippen LogP contribution in [-0.4, -0.2) is 16.3 Å². The Morgan fingerprint density at radius 3 is 2.73 bits per heavy atom. The molecule has 0 aliphatic carbocycles. The summed E-state index contributed by atoms with van der Waals surface area (Å²) < 4.78 is 0. The number of thioether (sulfide) groups is 1. The van der Waals surface area contributed by atoms with Crippen molar-refractivity contribution in [1.29, 1.82) is 0 Å². The zero-order chi connectivity index (χ0) is 15.8. The van der Waals surface area contributed by atoms with E-state index in [1.165, 1.54) is 30.1 Å². The van der Waals surface area contributed by atoms with Crippen LogP contribution in [0.25, 0.3) is 0 Å². The zero-order valence-electron chi connectivity index (χ0n) is 11.6. The van der Waals surface area contributed by atoms with E-state index in [-0.39, 0.29) is 5.69 Å². The average Bonchev–Trinajstić information content (AvgIpc) is 2.54. The zero-order valence-corrected chi connectivity index (χ0v) is 12.4. The lowest BCUT2D eigenvalue weighted by atomic mass is 10.2. The number of hydrogen-bond donors (Lipinski definition) is 1. The molecule has 0 fully saturated rings. The second-order valence-electron chi connectivity index (χ2n) is 4.31. The van der Waals surface area contributed by atoms with Gasteiger partial charge in [0.2, 0.25) is 0 Å². The largest absolute Gasteiger partial charge is 0.377 e. The predicted molar refractivity (Wildman–Crippen MR) is 90.0 cm³/mol.